The van der Waals surface area contributed by atoms with E-state index in [1.165, 1.54) is 4.90 Å². The summed E-state index contributed by atoms with van der Waals surface area (Å²) in [6, 6.07) is 2.71. The normalized spacial score (nSPS) is 12.2. The quantitative estimate of drug-likeness (QED) is 0.739. The van der Waals surface area contributed by atoms with E-state index in [2.05, 4.69) is 0 Å². The molecule has 1 heterocycles. The Morgan fingerprint density at radius 3 is 2.59 bits per heavy atom. The zero-order valence-electron chi connectivity index (χ0n) is 9.97. The summed E-state index contributed by atoms with van der Waals surface area (Å²) < 4.78 is 5.34. The standard InChI is InChI=1S/C11H17N3O3/c1-7-3-4-8(17-7)6-14(2)11(16)9(12)5-10(13)15/h3-4,9H,5-6,12H2,1-2H3,(H2,13,15). The number of hydrogen-bond donors (Lipinski definition) is 2. The van der Waals surface area contributed by atoms with Crippen molar-refractivity contribution in [1.82, 2.24) is 4.90 Å². The number of nitrogens with zero attached hydrogens (tertiary/aromatic N) is 1. The second-order valence-electron chi connectivity index (χ2n) is 3.98. The highest BCUT2D eigenvalue weighted by Crippen LogP contribution is 2.09. The average Bonchev–Trinajstić information content (AvgIpc) is 2.61. The van der Waals surface area contributed by atoms with Crippen LogP contribution in [0.4, 0.5) is 0 Å². The van der Waals surface area contributed by atoms with Gasteiger partial charge in [-0.3, -0.25) is 9.59 Å². The fraction of sp³-hybridized carbons (Fsp3) is 0.455. The van der Waals surface area contributed by atoms with E-state index < -0.39 is 11.9 Å². The Hall–Kier alpha value is -1.82. The number of primary amides is 1. The largest absolute Gasteiger partial charge is 0.464 e. The summed E-state index contributed by atoms with van der Waals surface area (Å²) in [6.45, 7) is 2.14. The minimum Gasteiger partial charge on any atom is -0.464 e. The van der Waals surface area contributed by atoms with Crippen molar-refractivity contribution in [2.75, 3.05) is 7.05 Å². The van der Waals surface area contributed by atoms with E-state index in [0.29, 0.717) is 12.3 Å². The summed E-state index contributed by atoms with van der Waals surface area (Å²) in [5, 5.41) is 0. The van der Waals surface area contributed by atoms with Crippen molar-refractivity contribution in [2.45, 2.75) is 25.9 Å². The minimum atomic E-state index is -0.895. The molecule has 1 atom stereocenters. The zero-order chi connectivity index (χ0) is 13.0. The summed E-state index contributed by atoms with van der Waals surface area (Å²) in [7, 11) is 1.60. The Balaban J connectivity index is 2.55. The molecule has 6 nitrogen and oxygen atoms in total. The molecule has 0 aliphatic rings. The topological polar surface area (TPSA) is 103 Å². The molecule has 1 rings (SSSR count). The first-order valence-corrected chi connectivity index (χ1v) is 5.24. The number of carbonyl (C=O) groups is 2. The van der Waals surface area contributed by atoms with Crippen molar-refractivity contribution < 1.29 is 14.0 Å². The van der Waals surface area contributed by atoms with Crippen LogP contribution in [0.2, 0.25) is 0 Å². The van der Waals surface area contributed by atoms with Crippen LogP contribution in [0.5, 0.6) is 0 Å². The van der Waals surface area contributed by atoms with Gasteiger partial charge in [0.05, 0.1) is 19.0 Å². The molecule has 6 heteroatoms. The first-order valence-electron chi connectivity index (χ1n) is 5.24. The third kappa shape index (κ3) is 3.92. The number of carbonyl (C=O) groups excluding carboxylic acids is 2. The maximum absolute atomic E-state index is 11.7. The summed E-state index contributed by atoms with van der Waals surface area (Å²) in [5.74, 6) is 0.526. The SMILES string of the molecule is Cc1ccc(CN(C)C(=O)C(N)CC(N)=O)o1. The van der Waals surface area contributed by atoms with Crippen molar-refractivity contribution in [2.24, 2.45) is 11.5 Å². The molecule has 17 heavy (non-hydrogen) atoms. The van der Waals surface area contributed by atoms with Crippen molar-refractivity contribution in [3.63, 3.8) is 0 Å². The van der Waals surface area contributed by atoms with Gasteiger partial charge in [0.1, 0.15) is 11.5 Å². The molecular formula is C11H17N3O3. The maximum atomic E-state index is 11.7. The lowest BCUT2D eigenvalue weighted by atomic mass is 10.2. The molecule has 0 fully saturated rings. The Labute approximate surface area is 99.5 Å². The molecule has 0 saturated carbocycles. The van der Waals surface area contributed by atoms with E-state index in [-0.39, 0.29) is 12.3 Å². The van der Waals surface area contributed by atoms with Gasteiger partial charge in [0.15, 0.2) is 0 Å². The van der Waals surface area contributed by atoms with Crippen LogP contribution in [0, 0.1) is 6.92 Å². The van der Waals surface area contributed by atoms with Crippen LogP contribution in [0.3, 0.4) is 0 Å². The molecule has 0 aliphatic heterocycles. The average molecular weight is 239 g/mol. The molecule has 4 N–H and O–H groups in total. The molecule has 1 aromatic rings. The van der Waals surface area contributed by atoms with Crippen LogP contribution in [0.15, 0.2) is 16.5 Å². The van der Waals surface area contributed by atoms with Crippen LogP contribution < -0.4 is 11.5 Å². The minimum absolute atomic E-state index is 0.152. The Morgan fingerprint density at radius 1 is 1.47 bits per heavy atom. The monoisotopic (exact) mass is 239 g/mol. The Morgan fingerprint density at radius 2 is 2.12 bits per heavy atom. The second kappa shape index (κ2) is 5.49. The number of aryl methyl sites for hydroxylation is 1. The molecule has 2 amide bonds. The smallest absolute Gasteiger partial charge is 0.240 e. The highest BCUT2D eigenvalue weighted by atomic mass is 16.3. The van der Waals surface area contributed by atoms with Gasteiger partial charge in [-0.2, -0.15) is 0 Å². The third-order valence-corrected chi connectivity index (χ3v) is 2.30. The van der Waals surface area contributed by atoms with Gasteiger partial charge in [0.25, 0.3) is 0 Å². The number of furan rings is 1. The first kappa shape index (κ1) is 13.2. The predicted molar refractivity (Wildman–Crippen MR) is 61.7 cm³/mol. The van der Waals surface area contributed by atoms with E-state index >= 15 is 0 Å². The maximum Gasteiger partial charge on any atom is 0.240 e. The van der Waals surface area contributed by atoms with E-state index in [4.69, 9.17) is 15.9 Å². The molecule has 0 aliphatic carbocycles. The van der Waals surface area contributed by atoms with Crippen LogP contribution in [-0.2, 0) is 16.1 Å². The molecule has 1 unspecified atom stereocenters. The summed E-state index contributed by atoms with van der Waals surface area (Å²) in [5.41, 5.74) is 10.5. The molecule has 0 radical (unpaired) electrons. The fourth-order valence-electron chi connectivity index (χ4n) is 1.47. The molecule has 94 valence electrons. The van der Waals surface area contributed by atoms with Crippen molar-refractivity contribution >= 4 is 11.8 Å². The van der Waals surface area contributed by atoms with Gasteiger partial charge in [0.2, 0.25) is 11.8 Å². The molecule has 0 aromatic carbocycles. The summed E-state index contributed by atoms with van der Waals surface area (Å²) in [4.78, 5) is 23.8. The fourth-order valence-corrected chi connectivity index (χ4v) is 1.47. The number of amides is 2. The van der Waals surface area contributed by atoms with Gasteiger partial charge in [0, 0.05) is 7.05 Å². The van der Waals surface area contributed by atoms with E-state index in [1.54, 1.807) is 13.1 Å². The van der Waals surface area contributed by atoms with Crippen LogP contribution in [-0.4, -0.2) is 29.8 Å². The summed E-state index contributed by atoms with van der Waals surface area (Å²) in [6.07, 6.45) is -0.152. The van der Waals surface area contributed by atoms with Gasteiger partial charge >= 0.3 is 0 Å². The molecule has 0 saturated heterocycles. The number of nitrogens with two attached hydrogens (primary N) is 2. The van der Waals surface area contributed by atoms with Crippen molar-refractivity contribution in [1.29, 1.82) is 0 Å². The number of rotatable bonds is 5. The predicted octanol–water partition coefficient (Wildman–Crippen LogP) is -0.251. The van der Waals surface area contributed by atoms with Crippen LogP contribution in [0.25, 0.3) is 0 Å². The Bertz CT molecular complexity index is 414. The van der Waals surface area contributed by atoms with Crippen molar-refractivity contribution in [3.8, 4) is 0 Å². The lowest BCUT2D eigenvalue weighted by molar-refractivity contribution is -0.134. The molecular weight excluding hydrogens is 222 g/mol. The number of likely N-dealkylation sites (N-methyl/N-ethyl adjacent to an activating group) is 1. The van der Waals surface area contributed by atoms with Crippen molar-refractivity contribution in [3.05, 3.63) is 23.7 Å². The van der Waals surface area contributed by atoms with Gasteiger partial charge in [-0.1, -0.05) is 0 Å². The lowest BCUT2D eigenvalue weighted by Crippen LogP contribution is -2.43. The zero-order valence-corrected chi connectivity index (χ0v) is 9.97. The van der Waals surface area contributed by atoms with E-state index in [9.17, 15) is 9.59 Å². The summed E-state index contributed by atoms with van der Waals surface area (Å²) >= 11 is 0. The molecule has 1 aromatic heterocycles. The molecule has 0 bridgehead atoms. The molecule has 0 spiro atoms. The van der Waals surface area contributed by atoms with Gasteiger partial charge < -0.3 is 20.8 Å². The highest BCUT2D eigenvalue weighted by Gasteiger charge is 2.20. The van der Waals surface area contributed by atoms with Gasteiger partial charge in [-0.05, 0) is 19.1 Å². The van der Waals surface area contributed by atoms with Gasteiger partial charge in [-0.15, -0.1) is 0 Å². The van der Waals surface area contributed by atoms with Gasteiger partial charge in [-0.25, -0.2) is 0 Å². The second-order valence-corrected chi connectivity index (χ2v) is 3.98. The van der Waals surface area contributed by atoms with Crippen LogP contribution >= 0.6 is 0 Å². The number of hydrogen-bond acceptors (Lipinski definition) is 4. The third-order valence-electron chi connectivity index (χ3n) is 2.30. The van der Waals surface area contributed by atoms with Crippen LogP contribution in [0.1, 0.15) is 17.9 Å². The lowest BCUT2D eigenvalue weighted by Gasteiger charge is -2.19. The first-order chi connectivity index (χ1) is 7.90. The highest BCUT2D eigenvalue weighted by molar-refractivity contribution is 5.87. The van der Waals surface area contributed by atoms with E-state index in [0.717, 1.165) is 5.76 Å². The Kier molecular flexibility index (Phi) is 4.28. The van der Waals surface area contributed by atoms with E-state index in [1.807, 2.05) is 13.0 Å².